The molecular weight excluding hydrogens is 170 g/mol. The van der Waals surface area contributed by atoms with Crippen molar-refractivity contribution in [3.05, 3.63) is 0 Å². The fourth-order valence-corrected chi connectivity index (χ4v) is 3.67. The first kappa shape index (κ1) is 10.5. The molecule has 0 aromatic heterocycles. The lowest BCUT2D eigenvalue weighted by Crippen LogP contribution is -2.10. The Morgan fingerprint density at radius 1 is 1.21 bits per heavy atom. The monoisotopic (exact) mass is 195 g/mol. The molecule has 0 saturated heterocycles. The Bertz CT molecular complexity index is 197. The first-order valence-corrected chi connectivity index (χ1v) is 6.39. The van der Waals surface area contributed by atoms with Crippen LogP contribution in [-0.4, -0.2) is 13.6 Å². The normalized spacial score (nSPS) is 41.4. The third-order valence-electron chi connectivity index (χ3n) is 4.74. The number of rotatable bonds is 6. The molecule has 0 heterocycles. The Balaban J connectivity index is 1.88. The number of hydrogen-bond donors (Lipinski definition) is 1. The van der Waals surface area contributed by atoms with Crippen molar-refractivity contribution in [3.8, 4) is 0 Å². The van der Waals surface area contributed by atoms with Crippen molar-refractivity contribution in [2.24, 2.45) is 23.2 Å². The minimum Gasteiger partial charge on any atom is -0.320 e. The van der Waals surface area contributed by atoms with E-state index < -0.39 is 0 Å². The van der Waals surface area contributed by atoms with Crippen molar-refractivity contribution in [3.63, 3.8) is 0 Å². The maximum absolute atomic E-state index is 3.30. The summed E-state index contributed by atoms with van der Waals surface area (Å²) >= 11 is 0. The van der Waals surface area contributed by atoms with Crippen molar-refractivity contribution in [2.45, 2.75) is 46.0 Å². The standard InChI is InChI=1S/C13H25N/c1-4-5-11-12(8-9-14-3)13(11,2)10-6-7-10/h10-12,14H,4-9H2,1-3H3. The highest BCUT2D eigenvalue weighted by atomic mass is 14.8. The second-order valence-corrected chi connectivity index (χ2v) is 5.53. The van der Waals surface area contributed by atoms with Gasteiger partial charge < -0.3 is 5.32 Å². The third-order valence-corrected chi connectivity index (χ3v) is 4.74. The molecule has 0 bridgehead atoms. The molecule has 0 aromatic rings. The summed E-state index contributed by atoms with van der Waals surface area (Å²) in [6.07, 6.45) is 7.30. The first-order chi connectivity index (χ1) is 6.75. The van der Waals surface area contributed by atoms with Gasteiger partial charge in [0.1, 0.15) is 0 Å². The zero-order valence-electron chi connectivity index (χ0n) is 9.97. The molecule has 2 aliphatic carbocycles. The molecule has 82 valence electrons. The van der Waals surface area contributed by atoms with Crippen molar-refractivity contribution in [2.75, 3.05) is 13.6 Å². The van der Waals surface area contributed by atoms with Crippen molar-refractivity contribution < 1.29 is 0 Å². The summed E-state index contributed by atoms with van der Waals surface area (Å²) in [5.41, 5.74) is 0.757. The second-order valence-electron chi connectivity index (χ2n) is 5.53. The van der Waals surface area contributed by atoms with Crippen LogP contribution in [0.5, 0.6) is 0 Å². The highest BCUT2D eigenvalue weighted by Crippen LogP contribution is 2.71. The minimum absolute atomic E-state index is 0.757. The smallest absolute Gasteiger partial charge is 0.00490 e. The Morgan fingerprint density at radius 3 is 2.36 bits per heavy atom. The van der Waals surface area contributed by atoms with E-state index in [1.165, 1.54) is 38.6 Å². The summed E-state index contributed by atoms with van der Waals surface area (Å²) in [5, 5.41) is 3.30. The molecule has 14 heavy (non-hydrogen) atoms. The van der Waals surface area contributed by atoms with Gasteiger partial charge in [0.05, 0.1) is 0 Å². The lowest BCUT2D eigenvalue weighted by molar-refractivity contribution is 0.397. The Morgan fingerprint density at radius 2 is 1.86 bits per heavy atom. The van der Waals surface area contributed by atoms with Gasteiger partial charge in [0.25, 0.3) is 0 Å². The molecule has 0 amide bonds. The van der Waals surface area contributed by atoms with Gasteiger partial charge in [-0.1, -0.05) is 20.3 Å². The van der Waals surface area contributed by atoms with Crippen LogP contribution >= 0.6 is 0 Å². The molecule has 2 saturated carbocycles. The Kier molecular flexibility index (Phi) is 2.88. The van der Waals surface area contributed by atoms with E-state index >= 15 is 0 Å². The number of hydrogen-bond acceptors (Lipinski definition) is 1. The van der Waals surface area contributed by atoms with Gasteiger partial charge in [-0.2, -0.15) is 0 Å². The zero-order valence-corrected chi connectivity index (χ0v) is 9.97. The van der Waals surface area contributed by atoms with E-state index in [2.05, 4.69) is 26.2 Å². The van der Waals surface area contributed by atoms with Crippen LogP contribution in [0.3, 0.4) is 0 Å². The van der Waals surface area contributed by atoms with E-state index in [4.69, 9.17) is 0 Å². The van der Waals surface area contributed by atoms with Gasteiger partial charge in [0, 0.05) is 0 Å². The van der Waals surface area contributed by atoms with Gasteiger partial charge in [-0.3, -0.25) is 0 Å². The van der Waals surface area contributed by atoms with Crippen LogP contribution in [0.4, 0.5) is 0 Å². The molecule has 0 radical (unpaired) electrons. The average molecular weight is 195 g/mol. The molecular formula is C13H25N. The molecule has 0 spiro atoms. The molecule has 3 unspecified atom stereocenters. The molecule has 3 atom stereocenters. The lowest BCUT2D eigenvalue weighted by Gasteiger charge is -2.09. The van der Waals surface area contributed by atoms with Crippen molar-refractivity contribution in [1.82, 2.24) is 5.32 Å². The molecule has 1 nitrogen and oxygen atoms in total. The van der Waals surface area contributed by atoms with Crippen LogP contribution in [0.25, 0.3) is 0 Å². The Hall–Kier alpha value is -0.0400. The molecule has 1 N–H and O–H groups in total. The summed E-state index contributed by atoms with van der Waals surface area (Å²) in [4.78, 5) is 0. The summed E-state index contributed by atoms with van der Waals surface area (Å²) in [7, 11) is 2.08. The van der Waals surface area contributed by atoms with E-state index in [0.717, 1.165) is 23.2 Å². The van der Waals surface area contributed by atoms with E-state index in [1.807, 2.05) is 0 Å². The van der Waals surface area contributed by atoms with Gasteiger partial charge in [-0.05, 0) is 62.4 Å². The molecule has 2 rings (SSSR count). The number of nitrogens with one attached hydrogen (secondary N) is 1. The van der Waals surface area contributed by atoms with E-state index in [0.29, 0.717) is 0 Å². The summed E-state index contributed by atoms with van der Waals surface area (Å²) in [6.45, 7) is 6.11. The zero-order chi connectivity index (χ0) is 10.2. The van der Waals surface area contributed by atoms with Crippen LogP contribution in [0.15, 0.2) is 0 Å². The maximum atomic E-state index is 3.30. The topological polar surface area (TPSA) is 12.0 Å². The van der Waals surface area contributed by atoms with Gasteiger partial charge >= 0.3 is 0 Å². The van der Waals surface area contributed by atoms with Crippen molar-refractivity contribution >= 4 is 0 Å². The van der Waals surface area contributed by atoms with Gasteiger partial charge in [0.15, 0.2) is 0 Å². The highest BCUT2D eigenvalue weighted by molar-refractivity contribution is 5.13. The molecule has 0 aromatic carbocycles. The fourth-order valence-electron chi connectivity index (χ4n) is 3.67. The molecule has 0 aliphatic heterocycles. The largest absolute Gasteiger partial charge is 0.320 e. The summed E-state index contributed by atoms with van der Waals surface area (Å²) in [6, 6.07) is 0. The quantitative estimate of drug-likeness (QED) is 0.687. The van der Waals surface area contributed by atoms with Crippen molar-refractivity contribution in [1.29, 1.82) is 0 Å². The highest BCUT2D eigenvalue weighted by Gasteiger charge is 2.65. The third kappa shape index (κ3) is 1.60. The SMILES string of the molecule is CCCC1C(CCNC)C1(C)C1CC1. The van der Waals surface area contributed by atoms with E-state index in [1.54, 1.807) is 0 Å². The second kappa shape index (κ2) is 3.84. The van der Waals surface area contributed by atoms with Crippen LogP contribution in [0.1, 0.15) is 46.0 Å². The molecule has 2 fully saturated rings. The molecule has 1 heteroatoms. The minimum atomic E-state index is 0.757. The van der Waals surface area contributed by atoms with Gasteiger partial charge in [0.2, 0.25) is 0 Å². The van der Waals surface area contributed by atoms with E-state index in [9.17, 15) is 0 Å². The fraction of sp³-hybridized carbons (Fsp3) is 1.00. The summed E-state index contributed by atoms with van der Waals surface area (Å²) < 4.78 is 0. The van der Waals surface area contributed by atoms with Crippen LogP contribution in [-0.2, 0) is 0 Å². The van der Waals surface area contributed by atoms with Crippen LogP contribution < -0.4 is 5.32 Å². The first-order valence-electron chi connectivity index (χ1n) is 6.39. The predicted molar refractivity (Wildman–Crippen MR) is 61.3 cm³/mol. The predicted octanol–water partition coefficient (Wildman–Crippen LogP) is 3.06. The average Bonchev–Trinajstić information content (AvgIpc) is 3.04. The maximum Gasteiger partial charge on any atom is -0.00490 e. The summed E-state index contributed by atoms with van der Waals surface area (Å²) in [5.74, 6) is 3.21. The van der Waals surface area contributed by atoms with Crippen LogP contribution in [0.2, 0.25) is 0 Å². The Labute approximate surface area is 88.7 Å². The van der Waals surface area contributed by atoms with E-state index in [-0.39, 0.29) is 0 Å². The van der Waals surface area contributed by atoms with Gasteiger partial charge in [-0.25, -0.2) is 0 Å². The lowest BCUT2D eigenvalue weighted by atomic mass is 9.96. The molecule has 2 aliphatic rings. The van der Waals surface area contributed by atoms with Crippen LogP contribution in [0, 0.1) is 23.2 Å². The van der Waals surface area contributed by atoms with Gasteiger partial charge in [-0.15, -0.1) is 0 Å².